The van der Waals surface area contributed by atoms with E-state index >= 15 is 0 Å². The van der Waals surface area contributed by atoms with Crippen LogP contribution in [-0.2, 0) is 9.53 Å². The van der Waals surface area contributed by atoms with Gasteiger partial charge in [-0.05, 0) is 32.4 Å². The number of para-hydroxylation sites is 1. The van der Waals surface area contributed by atoms with Gasteiger partial charge in [-0.25, -0.2) is 0 Å². The Morgan fingerprint density at radius 2 is 2.00 bits per heavy atom. The van der Waals surface area contributed by atoms with Crippen LogP contribution >= 0.6 is 0 Å². The van der Waals surface area contributed by atoms with Gasteiger partial charge in [-0.3, -0.25) is 9.80 Å². The fourth-order valence-corrected chi connectivity index (χ4v) is 2.37. The fourth-order valence-electron chi connectivity index (χ4n) is 2.37. The molecule has 0 radical (unpaired) electrons. The second-order valence-electron chi connectivity index (χ2n) is 4.75. The molecular formula is C15H22N4O2. The molecule has 0 amide bonds. The van der Waals surface area contributed by atoms with E-state index in [0.717, 1.165) is 24.3 Å². The molecule has 0 spiro atoms. The summed E-state index contributed by atoms with van der Waals surface area (Å²) in [5, 5.41) is 13.6. The molecule has 6 heteroatoms. The molecule has 1 aliphatic heterocycles. The molecule has 1 aliphatic rings. The monoisotopic (exact) mass is 290 g/mol. The molecule has 6 nitrogen and oxygen atoms in total. The highest BCUT2D eigenvalue weighted by molar-refractivity contribution is 5.84. The average Bonchev–Trinajstić information content (AvgIpc) is 2.87. The third-order valence-electron chi connectivity index (χ3n) is 3.49. The summed E-state index contributed by atoms with van der Waals surface area (Å²) in [6, 6.07) is 7.71. The van der Waals surface area contributed by atoms with Crippen molar-refractivity contribution in [3.63, 3.8) is 0 Å². The number of nitrogens with zero attached hydrogens (tertiary/aromatic N) is 3. The Kier molecular flexibility index (Phi) is 5.14. The minimum absolute atomic E-state index is 0.265. The first-order chi connectivity index (χ1) is 10.2. The molecule has 1 N–H and O–H groups in total. The topological polar surface area (TPSA) is 66.3 Å². The van der Waals surface area contributed by atoms with Gasteiger partial charge in [0, 0.05) is 18.8 Å². The molecule has 2 atom stereocenters. The van der Waals surface area contributed by atoms with E-state index in [1.807, 2.05) is 43.1 Å². The molecule has 0 aliphatic carbocycles. The Morgan fingerprint density at radius 1 is 1.29 bits per heavy atom. The van der Waals surface area contributed by atoms with E-state index in [4.69, 9.17) is 4.74 Å². The van der Waals surface area contributed by atoms with Crippen molar-refractivity contribution >= 4 is 11.7 Å². The lowest BCUT2D eigenvalue weighted by atomic mass is 9.99. The first kappa shape index (κ1) is 15.3. The molecule has 21 heavy (non-hydrogen) atoms. The molecule has 2 rings (SSSR count). The zero-order chi connectivity index (χ0) is 15.2. The number of nitrogens with one attached hydrogen (secondary N) is 1. The van der Waals surface area contributed by atoms with Crippen molar-refractivity contribution in [1.82, 2.24) is 5.01 Å². The number of fused-ring (bicyclic) bond motifs is 1. The third kappa shape index (κ3) is 3.32. The van der Waals surface area contributed by atoms with Crippen molar-refractivity contribution < 1.29 is 9.53 Å². The summed E-state index contributed by atoms with van der Waals surface area (Å²) in [6.45, 7) is 7.76. The molecule has 0 bridgehead atoms. The number of carbonyl (C=O) groups is 1. The van der Waals surface area contributed by atoms with Crippen LogP contribution < -0.4 is 5.32 Å². The normalized spacial score (nSPS) is 20.1. The molecule has 0 saturated heterocycles. The number of anilines is 1. The van der Waals surface area contributed by atoms with Gasteiger partial charge in [0.25, 0.3) is 0 Å². The number of benzene rings is 1. The zero-order valence-electron chi connectivity index (χ0n) is 12.7. The SMILES string of the molecule is CCOC(=O)C1c2ccccc2NC1/N=N/N(CC)CC. The molecule has 1 heterocycles. The summed E-state index contributed by atoms with van der Waals surface area (Å²) in [4.78, 5) is 12.2. The van der Waals surface area contributed by atoms with Crippen LogP contribution in [0.1, 0.15) is 32.3 Å². The highest BCUT2D eigenvalue weighted by Crippen LogP contribution is 2.37. The number of rotatable bonds is 6. The number of hydrogen-bond acceptors (Lipinski definition) is 5. The Bertz CT molecular complexity index is 514. The Labute approximate surface area is 125 Å². The van der Waals surface area contributed by atoms with Gasteiger partial charge in [0.15, 0.2) is 6.17 Å². The highest BCUT2D eigenvalue weighted by atomic mass is 16.5. The standard InChI is InChI=1S/C15H22N4O2/c1-4-19(5-2)18-17-14-13(15(20)21-6-3)11-9-7-8-10-12(11)16-14/h7-10,13-14,16H,4-6H2,1-3H3/b18-17+. The van der Waals surface area contributed by atoms with Crippen LogP contribution in [-0.4, -0.2) is 36.8 Å². The zero-order valence-corrected chi connectivity index (χ0v) is 12.7. The summed E-state index contributed by atoms with van der Waals surface area (Å²) in [5.74, 6) is -0.709. The van der Waals surface area contributed by atoms with E-state index in [2.05, 4.69) is 15.7 Å². The number of esters is 1. The number of hydrogen-bond donors (Lipinski definition) is 1. The van der Waals surface area contributed by atoms with Crippen molar-refractivity contribution in [3.05, 3.63) is 29.8 Å². The van der Waals surface area contributed by atoms with Crippen molar-refractivity contribution in [1.29, 1.82) is 0 Å². The van der Waals surface area contributed by atoms with Gasteiger partial charge < -0.3 is 10.1 Å². The lowest BCUT2D eigenvalue weighted by molar-refractivity contribution is -0.145. The summed E-state index contributed by atoms with van der Waals surface area (Å²) in [7, 11) is 0. The van der Waals surface area contributed by atoms with E-state index < -0.39 is 12.1 Å². The quantitative estimate of drug-likeness (QED) is 0.497. The Morgan fingerprint density at radius 3 is 2.67 bits per heavy atom. The van der Waals surface area contributed by atoms with Gasteiger partial charge in [-0.15, -0.1) is 5.11 Å². The van der Waals surface area contributed by atoms with Crippen molar-refractivity contribution in [2.75, 3.05) is 25.0 Å². The maximum atomic E-state index is 12.2. The molecular weight excluding hydrogens is 268 g/mol. The summed E-state index contributed by atoms with van der Waals surface area (Å²) in [6.07, 6.45) is -0.415. The van der Waals surface area contributed by atoms with Gasteiger partial charge in [0.2, 0.25) is 0 Å². The maximum Gasteiger partial charge on any atom is 0.317 e. The molecule has 1 aromatic carbocycles. The summed E-state index contributed by atoms with van der Waals surface area (Å²) < 4.78 is 5.18. The highest BCUT2D eigenvalue weighted by Gasteiger charge is 2.38. The first-order valence-corrected chi connectivity index (χ1v) is 7.39. The second-order valence-corrected chi connectivity index (χ2v) is 4.75. The van der Waals surface area contributed by atoms with E-state index in [0.29, 0.717) is 6.61 Å². The molecule has 2 unspecified atom stereocenters. The van der Waals surface area contributed by atoms with Crippen LogP contribution in [0, 0.1) is 0 Å². The van der Waals surface area contributed by atoms with E-state index in [9.17, 15) is 4.79 Å². The third-order valence-corrected chi connectivity index (χ3v) is 3.49. The second kappa shape index (κ2) is 7.06. The van der Waals surface area contributed by atoms with Gasteiger partial charge in [0.1, 0.15) is 5.92 Å². The maximum absolute atomic E-state index is 12.2. The van der Waals surface area contributed by atoms with Crippen LogP contribution in [0.2, 0.25) is 0 Å². The van der Waals surface area contributed by atoms with E-state index in [1.54, 1.807) is 6.92 Å². The summed E-state index contributed by atoms with van der Waals surface area (Å²) >= 11 is 0. The van der Waals surface area contributed by atoms with Crippen LogP contribution in [0.25, 0.3) is 0 Å². The summed E-state index contributed by atoms with van der Waals surface area (Å²) in [5.41, 5.74) is 1.83. The lowest BCUT2D eigenvalue weighted by Crippen LogP contribution is -2.27. The van der Waals surface area contributed by atoms with Crippen LogP contribution in [0.15, 0.2) is 34.6 Å². The molecule has 114 valence electrons. The predicted octanol–water partition coefficient (Wildman–Crippen LogP) is 2.79. The van der Waals surface area contributed by atoms with Crippen LogP contribution in [0.4, 0.5) is 5.69 Å². The van der Waals surface area contributed by atoms with Gasteiger partial charge in [0.05, 0.1) is 6.61 Å². The fraction of sp³-hybridized carbons (Fsp3) is 0.533. The molecule has 0 saturated carbocycles. The van der Waals surface area contributed by atoms with Crippen molar-refractivity contribution in [3.8, 4) is 0 Å². The minimum Gasteiger partial charge on any atom is -0.465 e. The van der Waals surface area contributed by atoms with Crippen LogP contribution in [0.5, 0.6) is 0 Å². The van der Waals surface area contributed by atoms with Gasteiger partial charge in [-0.2, -0.15) is 0 Å². The first-order valence-electron chi connectivity index (χ1n) is 7.39. The lowest BCUT2D eigenvalue weighted by Gasteiger charge is -2.17. The largest absolute Gasteiger partial charge is 0.465 e. The van der Waals surface area contributed by atoms with Gasteiger partial charge >= 0.3 is 5.97 Å². The predicted molar refractivity (Wildman–Crippen MR) is 81.0 cm³/mol. The molecule has 1 aromatic rings. The van der Waals surface area contributed by atoms with Crippen molar-refractivity contribution in [2.45, 2.75) is 32.9 Å². The molecule has 0 aromatic heterocycles. The smallest absolute Gasteiger partial charge is 0.317 e. The Balaban J connectivity index is 2.23. The van der Waals surface area contributed by atoms with E-state index in [-0.39, 0.29) is 5.97 Å². The van der Waals surface area contributed by atoms with Gasteiger partial charge in [-0.1, -0.05) is 23.4 Å². The van der Waals surface area contributed by atoms with E-state index in [1.165, 1.54) is 0 Å². The number of ether oxygens (including phenoxy) is 1. The average molecular weight is 290 g/mol. The minimum atomic E-state index is -0.444. The van der Waals surface area contributed by atoms with Crippen LogP contribution in [0.3, 0.4) is 0 Å². The molecule has 0 fully saturated rings. The number of carbonyl (C=O) groups excluding carboxylic acids is 1. The Hall–Kier alpha value is -2.11. The van der Waals surface area contributed by atoms with Crippen molar-refractivity contribution in [2.24, 2.45) is 10.3 Å².